The van der Waals surface area contributed by atoms with Gasteiger partial charge in [-0.25, -0.2) is 4.99 Å². The van der Waals surface area contributed by atoms with Gasteiger partial charge in [0.25, 0.3) is 5.91 Å². The Balaban J connectivity index is 1.56. The minimum Gasteiger partial charge on any atom is -0.494 e. The van der Waals surface area contributed by atoms with E-state index >= 15 is 0 Å². The van der Waals surface area contributed by atoms with Crippen LogP contribution in [0.3, 0.4) is 0 Å². The lowest BCUT2D eigenvalue weighted by Gasteiger charge is -2.31. The summed E-state index contributed by atoms with van der Waals surface area (Å²) in [6, 6.07) is 28.2. The van der Waals surface area contributed by atoms with Crippen molar-refractivity contribution in [1.29, 1.82) is 0 Å². The maximum Gasteiger partial charge on any atom is 0.252 e. The zero-order valence-electron chi connectivity index (χ0n) is 25.0. The van der Waals surface area contributed by atoms with Crippen LogP contribution in [0.1, 0.15) is 34.8 Å². The first-order chi connectivity index (χ1) is 21.7. The van der Waals surface area contributed by atoms with Gasteiger partial charge < -0.3 is 24.8 Å². The highest BCUT2D eigenvalue weighted by atomic mass is 79.9. The van der Waals surface area contributed by atoms with Crippen molar-refractivity contribution in [3.8, 4) is 5.75 Å². The lowest BCUT2D eigenvalue weighted by atomic mass is 9.82. The Morgan fingerprint density at radius 3 is 2.44 bits per heavy atom. The molecule has 0 saturated heterocycles. The average Bonchev–Trinajstić information content (AvgIpc) is 3.41. The van der Waals surface area contributed by atoms with E-state index < -0.39 is 11.6 Å². The Morgan fingerprint density at radius 1 is 1.04 bits per heavy atom. The van der Waals surface area contributed by atoms with Crippen molar-refractivity contribution >= 4 is 56.6 Å². The van der Waals surface area contributed by atoms with Crippen LogP contribution in [0, 0.1) is 0 Å². The van der Waals surface area contributed by atoms with Crippen LogP contribution in [0.2, 0.25) is 10.0 Å². The number of benzene rings is 4. The number of ether oxygens (including phenoxy) is 2. The fraction of sp³-hybridized carbons (Fsp3) is 0.257. The van der Waals surface area contributed by atoms with Gasteiger partial charge in [-0.15, -0.1) is 0 Å². The highest BCUT2D eigenvalue weighted by Crippen LogP contribution is 2.45. The third-order valence-corrected chi connectivity index (χ3v) is 8.93. The van der Waals surface area contributed by atoms with Gasteiger partial charge in [0.1, 0.15) is 5.75 Å². The summed E-state index contributed by atoms with van der Waals surface area (Å²) in [6.45, 7) is 0.758. The second-order valence-electron chi connectivity index (χ2n) is 11.0. The molecular formula is C35H34BrCl2N3O4. The van der Waals surface area contributed by atoms with Gasteiger partial charge in [-0.1, -0.05) is 75.5 Å². The van der Waals surface area contributed by atoms with Gasteiger partial charge in [0, 0.05) is 71.4 Å². The SMILES string of the molecule is CN(C)c1ccc(CNC(=O)[C@]2(Cc3ccccc3Br)N=C(c3ccc(OCCCO)cc3)O[C@@H]2c2ccc(Cl)cc2Cl)cc1. The molecule has 2 N–H and O–H groups in total. The van der Waals surface area contributed by atoms with Crippen molar-refractivity contribution in [3.05, 3.63) is 128 Å². The monoisotopic (exact) mass is 709 g/mol. The van der Waals surface area contributed by atoms with E-state index in [-0.39, 0.29) is 18.9 Å². The van der Waals surface area contributed by atoms with Gasteiger partial charge in [-0.3, -0.25) is 4.79 Å². The first-order valence-electron chi connectivity index (χ1n) is 14.5. The molecule has 0 saturated carbocycles. The van der Waals surface area contributed by atoms with Crippen molar-refractivity contribution in [2.24, 2.45) is 4.99 Å². The van der Waals surface area contributed by atoms with E-state index in [4.69, 9.17) is 42.8 Å². The van der Waals surface area contributed by atoms with Gasteiger partial charge in [0.05, 0.1) is 6.61 Å². The van der Waals surface area contributed by atoms with Gasteiger partial charge in [0.2, 0.25) is 5.90 Å². The molecular weight excluding hydrogens is 677 g/mol. The lowest BCUT2D eigenvalue weighted by Crippen LogP contribution is -2.49. The van der Waals surface area contributed by atoms with Crippen molar-refractivity contribution in [2.75, 3.05) is 32.2 Å². The normalized spacial score (nSPS) is 17.4. The Bertz CT molecular complexity index is 1660. The highest BCUT2D eigenvalue weighted by molar-refractivity contribution is 9.10. The largest absolute Gasteiger partial charge is 0.494 e. The van der Waals surface area contributed by atoms with E-state index in [1.807, 2.05) is 91.8 Å². The third kappa shape index (κ3) is 7.64. The third-order valence-electron chi connectivity index (χ3n) is 7.60. The Morgan fingerprint density at radius 2 is 1.78 bits per heavy atom. The van der Waals surface area contributed by atoms with Crippen molar-refractivity contribution < 1.29 is 19.4 Å². The molecule has 2 atom stereocenters. The molecule has 5 rings (SSSR count). The van der Waals surface area contributed by atoms with E-state index in [9.17, 15) is 4.79 Å². The molecule has 10 heteroatoms. The predicted molar refractivity (Wildman–Crippen MR) is 184 cm³/mol. The molecule has 1 aliphatic heterocycles. The summed E-state index contributed by atoms with van der Waals surface area (Å²) in [6.07, 6.45) is -0.0935. The number of hydrogen-bond acceptors (Lipinski definition) is 6. The average molecular weight is 711 g/mol. The first kappa shape index (κ1) is 32.8. The molecule has 45 heavy (non-hydrogen) atoms. The Kier molecular flexibility index (Phi) is 10.7. The van der Waals surface area contributed by atoms with Crippen molar-refractivity contribution in [3.63, 3.8) is 0 Å². The molecule has 0 bridgehead atoms. The molecule has 0 radical (unpaired) electrons. The van der Waals surface area contributed by atoms with Gasteiger partial charge in [-0.05, 0) is 65.7 Å². The van der Waals surface area contributed by atoms with E-state index in [0.717, 1.165) is 21.3 Å². The van der Waals surface area contributed by atoms with Crippen LogP contribution in [-0.2, 0) is 22.5 Å². The fourth-order valence-corrected chi connectivity index (χ4v) is 6.09. The molecule has 1 aliphatic rings. The van der Waals surface area contributed by atoms with Crippen LogP contribution in [0.5, 0.6) is 5.75 Å². The minimum absolute atomic E-state index is 0.0560. The number of aliphatic hydroxyl groups is 1. The second kappa shape index (κ2) is 14.7. The molecule has 0 aliphatic carbocycles. The summed E-state index contributed by atoms with van der Waals surface area (Å²) in [7, 11) is 3.97. The number of nitrogens with zero attached hydrogens (tertiary/aromatic N) is 2. The van der Waals surface area contributed by atoms with E-state index in [1.54, 1.807) is 18.2 Å². The lowest BCUT2D eigenvalue weighted by molar-refractivity contribution is -0.129. The van der Waals surface area contributed by atoms with E-state index in [1.165, 1.54) is 0 Å². The minimum atomic E-state index is -1.42. The van der Waals surface area contributed by atoms with Gasteiger partial charge in [0.15, 0.2) is 11.6 Å². The number of carbonyl (C=O) groups excluding carboxylic acids is 1. The van der Waals surface area contributed by atoms with Crippen molar-refractivity contribution in [2.45, 2.75) is 31.0 Å². The number of hydrogen-bond donors (Lipinski definition) is 2. The Hall–Kier alpha value is -3.56. The number of rotatable bonds is 12. The van der Waals surface area contributed by atoms with Crippen LogP contribution in [-0.4, -0.2) is 49.8 Å². The topological polar surface area (TPSA) is 83.4 Å². The molecule has 4 aromatic carbocycles. The molecule has 234 valence electrons. The first-order valence-corrected chi connectivity index (χ1v) is 16.1. The number of amides is 1. The number of anilines is 1. The van der Waals surface area contributed by atoms with Crippen LogP contribution < -0.4 is 15.0 Å². The van der Waals surface area contributed by atoms with Crippen LogP contribution in [0.4, 0.5) is 5.69 Å². The molecule has 0 aromatic heterocycles. The van der Waals surface area contributed by atoms with Gasteiger partial charge >= 0.3 is 0 Å². The molecule has 0 spiro atoms. The highest BCUT2D eigenvalue weighted by Gasteiger charge is 2.54. The Labute approximate surface area is 281 Å². The van der Waals surface area contributed by atoms with Crippen molar-refractivity contribution in [1.82, 2.24) is 5.32 Å². The predicted octanol–water partition coefficient (Wildman–Crippen LogP) is 7.40. The van der Waals surface area contributed by atoms with Gasteiger partial charge in [-0.2, -0.15) is 0 Å². The zero-order chi connectivity index (χ0) is 32.0. The van der Waals surface area contributed by atoms with E-state index in [0.29, 0.717) is 52.4 Å². The molecule has 0 fully saturated rings. The zero-order valence-corrected chi connectivity index (χ0v) is 28.1. The van der Waals surface area contributed by atoms with Crippen LogP contribution >= 0.6 is 39.1 Å². The van der Waals surface area contributed by atoms with E-state index in [2.05, 4.69) is 21.2 Å². The number of carbonyl (C=O) groups is 1. The summed E-state index contributed by atoms with van der Waals surface area (Å²) in [5.41, 5.74) is 2.76. The smallest absolute Gasteiger partial charge is 0.252 e. The number of aliphatic imine (C=N–C) groups is 1. The summed E-state index contributed by atoms with van der Waals surface area (Å²) < 4.78 is 13.2. The quantitative estimate of drug-likeness (QED) is 0.150. The van der Waals surface area contributed by atoms with Crippen LogP contribution in [0.25, 0.3) is 0 Å². The van der Waals surface area contributed by atoms with Crippen LogP contribution in [0.15, 0.2) is 100 Å². The summed E-state index contributed by atoms with van der Waals surface area (Å²) in [5, 5.41) is 13.1. The molecule has 0 unspecified atom stereocenters. The number of halogens is 3. The summed E-state index contributed by atoms with van der Waals surface area (Å²) in [4.78, 5) is 21.7. The summed E-state index contributed by atoms with van der Waals surface area (Å²) >= 11 is 16.7. The standard InChI is InChI=1S/C35H34BrCl2N3O4/c1-41(2)27-13-8-23(9-14-27)22-39-34(43)35(21-25-6-3-4-7-30(25)36)32(29-17-12-26(37)20-31(29)38)45-33(40-35)24-10-15-28(16-11-24)44-19-5-18-42/h3-4,6-17,20,32,42H,5,18-19,21-22H2,1-2H3,(H,39,43)/t32-,35-/m1/s1. The molecule has 7 nitrogen and oxygen atoms in total. The molecule has 1 amide bonds. The maximum atomic E-state index is 14.5. The second-order valence-corrected chi connectivity index (χ2v) is 12.7. The molecule has 4 aromatic rings. The molecule has 1 heterocycles. The number of aliphatic hydroxyl groups excluding tert-OH is 1. The summed E-state index contributed by atoms with van der Waals surface area (Å²) in [5.74, 6) is 0.663. The number of nitrogens with one attached hydrogen (secondary N) is 1. The fourth-order valence-electron chi connectivity index (χ4n) is 5.15. The maximum absolute atomic E-state index is 14.5.